The number of carbonyl (C=O) groups excluding carboxylic acids is 4. The van der Waals surface area contributed by atoms with Gasteiger partial charge in [0.15, 0.2) is 6.29 Å². The molecule has 0 aromatic carbocycles. The number of ketones is 1. The van der Waals surface area contributed by atoms with E-state index in [0.717, 1.165) is 4.90 Å². The summed E-state index contributed by atoms with van der Waals surface area (Å²) in [6.45, 7) is 2.25. The number of rotatable bonds is 19. The normalized spacial score (nSPS) is 29.3. The number of ether oxygens (including phenoxy) is 6. The fourth-order valence-corrected chi connectivity index (χ4v) is 5.69. The number of nitrogens with two attached hydrogens (primary N) is 1. The molecule has 2 bridgehead atoms. The number of nitrogens with zero attached hydrogens (tertiary/aromatic N) is 1. The van der Waals surface area contributed by atoms with Gasteiger partial charge in [-0.3, -0.25) is 24.1 Å². The Morgan fingerprint density at radius 3 is 2.27 bits per heavy atom. The smallest absolute Gasteiger partial charge is 0.388 e. The van der Waals surface area contributed by atoms with Crippen LogP contribution in [0.3, 0.4) is 0 Å². The van der Waals surface area contributed by atoms with Gasteiger partial charge in [-0.15, -0.1) is 11.8 Å². The first kappa shape index (κ1) is 36.5. The Morgan fingerprint density at radius 2 is 1.68 bits per heavy atom. The Balaban J connectivity index is 1.18. The van der Waals surface area contributed by atoms with Crippen molar-refractivity contribution in [3.05, 3.63) is 0 Å². The fraction of sp³-hybridized carbons (Fsp3) is 0.840. The first-order chi connectivity index (χ1) is 20.8. The van der Waals surface area contributed by atoms with Crippen molar-refractivity contribution in [1.82, 2.24) is 10.2 Å². The molecule has 252 valence electrons. The third kappa shape index (κ3) is 9.78. The Kier molecular flexibility index (Phi) is 13.8. The number of carbonyl (C=O) groups is 4. The largest absolute Gasteiger partial charge is 0.471 e. The number of aliphatic hydroxyl groups excluding tert-OH is 2. The molecule has 3 amide bonds. The minimum absolute atomic E-state index is 0.0620. The maximum absolute atomic E-state index is 12.6. The number of alkyl halides is 3. The van der Waals surface area contributed by atoms with E-state index in [0.29, 0.717) is 0 Å². The summed E-state index contributed by atoms with van der Waals surface area (Å²) in [5, 5.41) is 21.8. The number of aliphatic hydroxyl groups is 2. The molecule has 3 heterocycles. The maximum Gasteiger partial charge on any atom is 0.471 e. The van der Waals surface area contributed by atoms with E-state index in [2.05, 4.69) is 0 Å². The Morgan fingerprint density at radius 1 is 1.09 bits per heavy atom. The fourth-order valence-electron chi connectivity index (χ4n) is 4.49. The van der Waals surface area contributed by atoms with E-state index in [1.807, 2.05) is 0 Å². The molecule has 0 aromatic rings. The SMILES string of the molecule is CC(=O)[C@@H](N)CSC1CC(=O)N(CCOCCOCCOCCOC[C@@]23CO[C@@H](O2)[C@@H](NC(=O)C(F)(F)F)[C@@H](O)[C@H]3O)C1=O. The molecular formula is C25H38F3N3O12S. The Hall–Kier alpha value is -1.94. The second kappa shape index (κ2) is 16.6. The van der Waals surface area contributed by atoms with Crippen LogP contribution in [0.25, 0.3) is 0 Å². The van der Waals surface area contributed by atoms with Crippen molar-refractivity contribution < 1.29 is 71.0 Å². The molecule has 44 heavy (non-hydrogen) atoms. The molecule has 0 aliphatic carbocycles. The number of thioether (sulfide) groups is 1. The molecule has 3 fully saturated rings. The van der Waals surface area contributed by atoms with Gasteiger partial charge in [0.05, 0.1) is 77.3 Å². The van der Waals surface area contributed by atoms with Gasteiger partial charge in [-0.2, -0.15) is 13.2 Å². The molecule has 3 aliphatic heterocycles. The van der Waals surface area contributed by atoms with Crippen LogP contribution in [0.2, 0.25) is 0 Å². The lowest BCUT2D eigenvalue weighted by Gasteiger charge is -2.42. The molecule has 0 saturated carbocycles. The lowest BCUT2D eigenvalue weighted by atomic mass is 9.88. The summed E-state index contributed by atoms with van der Waals surface area (Å²) in [5.74, 6) is -2.83. The molecule has 19 heteroatoms. The Labute approximate surface area is 255 Å². The summed E-state index contributed by atoms with van der Waals surface area (Å²) in [5.41, 5.74) is 4.16. The number of fused-ring (bicyclic) bond motifs is 2. The third-order valence-corrected chi connectivity index (χ3v) is 8.37. The highest BCUT2D eigenvalue weighted by molar-refractivity contribution is 8.00. The van der Waals surface area contributed by atoms with Crippen molar-refractivity contribution in [3.8, 4) is 0 Å². The van der Waals surface area contributed by atoms with Crippen LogP contribution in [0, 0.1) is 0 Å². The average molecular weight is 662 g/mol. The molecule has 3 aliphatic rings. The standard InChI is InChI=1S/C25H38F3N3O12S/c1-14(32)15(29)11-44-16-10-17(33)31(21(16)36)2-3-38-4-5-39-6-7-40-8-9-41-12-24-13-42-22(43-24)18(19(34)20(24)35)30-23(37)25(26,27)28/h15-16,18-20,22,34-35H,2-13,29H2,1H3,(H,30,37)/t15-,16?,18-,19+,20+,22-,24-/m0/s1. The van der Waals surface area contributed by atoms with E-state index in [9.17, 15) is 42.6 Å². The number of Topliss-reactive ketones (excluding diaryl/α,β-unsaturated/α-hetero) is 1. The molecular weight excluding hydrogens is 623 g/mol. The lowest BCUT2D eigenvalue weighted by molar-refractivity contribution is -0.240. The number of imide groups is 1. The number of hydrogen-bond acceptors (Lipinski definition) is 14. The van der Waals surface area contributed by atoms with Crippen LogP contribution in [0.1, 0.15) is 13.3 Å². The quantitative estimate of drug-likeness (QED) is 0.0851. The lowest BCUT2D eigenvalue weighted by Crippen LogP contribution is -2.67. The van der Waals surface area contributed by atoms with Crippen LogP contribution in [0.15, 0.2) is 0 Å². The van der Waals surface area contributed by atoms with Gasteiger partial charge in [0.2, 0.25) is 11.8 Å². The number of nitrogens with one attached hydrogen (secondary N) is 1. The van der Waals surface area contributed by atoms with Gasteiger partial charge in [0.1, 0.15) is 29.6 Å². The highest BCUT2D eigenvalue weighted by Gasteiger charge is 2.60. The van der Waals surface area contributed by atoms with E-state index >= 15 is 0 Å². The summed E-state index contributed by atoms with van der Waals surface area (Å²) in [7, 11) is 0. The van der Waals surface area contributed by atoms with Gasteiger partial charge in [-0.05, 0) is 6.92 Å². The second-order valence-electron chi connectivity index (χ2n) is 10.3. The van der Waals surface area contributed by atoms with Crippen LogP contribution >= 0.6 is 11.8 Å². The van der Waals surface area contributed by atoms with Crippen molar-refractivity contribution in [2.75, 3.05) is 71.8 Å². The van der Waals surface area contributed by atoms with Crippen LogP contribution in [-0.2, 0) is 47.6 Å². The zero-order valence-electron chi connectivity index (χ0n) is 24.0. The van der Waals surface area contributed by atoms with Crippen molar-refractivity contribution in [2.45, 2.75) is 61.0 Å². The van der Waals surface area contributed by atoms with Crippen molar-refractivity contribution in [2.24, 2.45) is 5.73 Å². The van der Waals surface area contributed by atoms with Gasteiger partial charge in [-0.1, -0.05) is 0 Å². The summed E-state index contributed by atoms with van der Waals surface area (Å²) in [4.78, 5) is 48.2. The molecule has 15 nitrogen and oxygen atoms in total. The van der Waals surface area contributed by atoms with E-state index in [-0.39, 0.29) is 95.8 Å². The maximum atomic E-state index is 12.6. The summed E-state index contributed by atoms with van der Waals surface area (Å²) in [6.07, 6.45) is -9.99. The average Bonchev–Trinajstić information content (AvgIpc) is 3.49. The molecule has 1 unspecified atom stereocenters. The van der Waals surface area contributed by atoms with Crippen LogP contribution in [0.5, 0.6) is 0 Å². The first-order valence-electron chi connectivity index (χ1n) is 13.8. The highest BCUT2D eigenvalue weighted by atomic mass is 32.2. The number of amides is 3. The molecule has 0 aromatic heterocycles. The van der Waals surface area contributed by atoms with Crippen molar-refractivity contribution >= 4 is 35.3 Å². The summed E-state index contributed by atoms with van der Waals surface area (Å²) >= 11 is 1.20. The molecule has 0 spiro atoms. The van der Waals surface area contributed by atoms with Gasteiger partial charge in [0, 0.05) is 12.2 Å². The van der Waals surface area contributed by atoms with Crippen molar-refractivity contribution in [1.29, 1.82) is 0 Å². The van der Waals surface area contributed by atoms with E-state index < -0.39 is 53.5 Å². The second-order valence-corrected chi connectivity index (χ2v) is 11.5. The summed E-state index contributed by atoms with van der Waals surface area (Å²) < 4.78 is 70.1. The highest BCUT2D eigenvalue weighted by Crippen LogP contribution is 2.37. The van der Waals surface area contributed by atoms with E-state index in [1.54, 1.807) is 5.32 Å². The minimum Gasteiger partial charge on any atom is -0.388 e. The molecule has 3 saturated heterocycles. The zero-order chi connectivity index (χ0) is 32.5. The molecule has 7 atom stereocenters. The minimum atomic E-state index is -5.18. The molecule has 5 N–H and O–H groups in total. The monoisotopic (exact) mass is 661 g/mol. The topological polar surface area (TPSA) is 205 Å². The van der Waals surface area contributed by atoms with Gasteiger partial charge >= 0.3 is 12.1 Å². The Bertz CT molecular complexity index is 1010. The first-order valence-corrected chi connectivity index (χ1v) is 14.9. The third-order valence-electron chi connectivity index (χ3n) is 7.04. The van der Waals surface area contributed by atoms with Gasteiger partial charge in [-0.25, -0.2) is 0 Å². The predicted molar refractivity (Wildman–Crippen MR) is 143 cm³/mol. The van der Waals surface area contributed by atoms with Crippen molar-refractivity contribution in [3.63, 3.8) is 0 Å². The van der Waals surface area contributed by atoms with E-state index in [1.165, 1.54) is 18.7 Å². The van der Waals surface area contributed by atoms with Crippen LogP contribution < -0.4 is 11.1 Å². The van der Waals surface area contributed by atoms with E-state index in [4.69, 9.17) is 34.2 Å². The van der Waals surface area contributed by atoms with Gasteiger partial charge < -0.3 is 49.7 Å². The van der Waals surface area contributed by atoms with Crippen LogP contribution in [0.4, 0.5) is 13.2 Å². The zero-order valence-corrected chi connectivity index (χ0v) is 24.8. The summed E-state index contributed by atoms with van der Waals surface area (Å²) in [6, 6.07) is -2.30. The predicted octanol–water partition coefficient (Wildman–Crippen LogP) is -2.28. The molecule has 0 radical (unpaired) electrons. The van der Waals surface area contributed by atoms with Crippen LogP contribution in [-0.4, -0.2) is 158 Å². The number of hydrogen-bond donors (Lipinski definition) is 4. The number of halogens is 3. The number of likely N-dealkylation sites (tertiary alicyclic amines) is 1. The molecule has 3 rings (SSSR count). The van der Waals surface area contributed by atoms with Gasteiger partial charge in [0.25, 0.3) is 0 Å².